The largest absolute Gasteiger partial charge is 0.497 e. The maximum atomic E-state index is 12.2. The van der Waals surface area contributed by atoms with Gasteiger partial charge in [0.15, 0.2) is 0 Å². The molecule has 5 nitrogen and oxygen atoms in total. The van der Waals surface area contributed by atoms with Gasteiger partial charge in [0.2, 0.25) is 0 Å². The average molecular weight is 372 g/mol. The molecule has 28 heavy (non-hydrogen) atoms. The molecule has 4 rings (SSSR count). The number of benzene rings is 2. The van der Waals surface area contributed by atoms with Crippen molar-refractivity contribution in [2.24, 2.45) is 0 Å². The molecule has 0 aliphatic heterocycles. The molecule has 0 N–H and O–H groups in total. The van der Waals surface area contributed by atoms with Gasteiger partial charge in [-0.1, -0.05) is 30.3 Å². The van der Waals surface area contributed by atoms with Gasteiger partial charge in [-0.25, -0.2) is 0 Å². The maximum absolute atomic E-state index is 12.2. The molecule has 0 fully saturated rings. The Morgan fingerprint density at radius 3 is 2.64 bits per heavy atom. The van der Waals surface area contributed by atoms with Crippen molar-refractivity contribution in [2.75, 3.05) is 13.7 Å². The molecule has 0 aliphatic rings. The Balaban J connectivity index is 1.51. The SMILES string of the molecule is COc1ccc2c(OCCn3cc(-c4ccccc4)ccc3=O)ccnc2c1. The zero-order valence-corrected chi connectivity index (χ0v) is 15.5. The van der Waals surface area contributed by atoms with E-state index >= 15 is 0 Å². The Labute approximate surface area is 162 Å². The highest BCUT2D eigenvalue weighted by Crippen LogP contribution is 2.27. The predicted octanol–water partition coefficient (Wildman–Crippen LogP) is 4.15. The summed E-state index contributed by atoms with van der Waals surface area (Å²) in [5, 5.41) is 0.911. The molecule has 0 bridgehead atoms. The van der Waals surface area contributed by atoms with Crippen LogP contribution in [0.25, 0.3) is 22.0 Å². The summed E-state index contributed by atoms with van der Waals surface area (Å²) in [4.78, 5) is 16.6. The van der Waals surface area contributed by atoms with E-state index in [1.807, 2.05) is 66.9 Å². The van der Waals surface area contributed by atoms with Gasteiger partial charge in [0.25, 0.3) is 5.56 Å². The summed E-state index contributed by atoms with van der Waals surface area (Å²) in [6.07, 6.45) is 3.58. The third-order valence-electron chi connectivity index (χ3n) is 4.59. The van der Waals surface area contributed by atoms with Crippen LogP contribution in [0, 0.1) is 0 Å². The van der Waals surface area contributed by atoms with E-state index in [1.165, 1.54) is 0 Å². The molecule has 4 aromatic rings. The first kappa shape index (κ1) is 17.8. The molecule has 2 aromatic heterocycles. The van der Waals surface area contributed by atoms with Crippen LogP contribution >= 0.6 is 0 Å². The summed E-state index contributed by atoms with van der Waals surface area (Å²) < 4.78 is 12.9. The van der Waals surface area contributed by atoms with Crippen molar-refractivity contribution < 1.29 is 9.47 Å². The van der Waals surface area contributed by atoms with Gasteiger partial charge >= 0.3 is 0 Å². The lowest BCUT2D eigenvalue weighted by molar-refractivity contribution is 0.299. The molecule has 140 valence electrons. The smallest absolute Gasteiger partial charge is 0.250 e. The summed E-state index contributed by atoms with van der Waals surface area (Å²) in [5.41, 5.74) is 2.83. The number of pyridine rings is 2. The lowest BCUT2D eigenvalue weighted by atomic mass is 10.1. The Hall–Kier alpha value is -3.60. The van der Waals surface area contributed by atoms with Crippen molar-refractivity contribution in [1.29, 1.82) is 0 Å². The van der Waals surface area contributed by atoms with Gasteiger partial charge in [-0.05, 0) is 35.4 Å². The molecule has 0 saturated carbocycles. The second-order valence-corrected chi connectivity index (χ2v) is 6.36. The number of methoxy groups -OCH3 is 1. The molecule has 0 atom stereocenters. The van der Waals surface area contributed by atoms with E-state index in [2.05, 4.69) is 4.98 Å². The van der Waals surface area contributed by atoms with E-state index in [1.54, 1.807) is 23.9 Å². The number of hydrogen-bond donors (Lipinski definition) is 0. The van der Waals surface area contributed by atoms with Gasteiger partial charge in [-0.15, -0.1) is 0 Å². The monoisotopic (exact) mass is 372 g/mol. The Bertz CT molecular complexity index is 1150. The lowest BCUT2D eigenvalue weighted by Crippen LogP contribution is -2.21. The molecule has 5 heteroatoms. The van der Waals surface area contributed by atoms with E-state index in [-0.39, 0.29) is 5.56 Å². The van der Waals surface area contributed by atoms with Gasteiger partial charge in [-0.3, -0.25) is 9.78 Å². The number of aromatic nitrogens is 2. The van der Waals surface area contributed by atoms with E-state index in [9.17, 15) is 4.79 Å². The van der Waals surface area contributed by atoms with Crippen molar-refractivity contribution in [3.8, 4) is 22.6 Å². The van der Waals surface area contributed by atoms with Crippen molar-refractivity contribution >= 4 is 10.9 Å². The highest BCUT2D eigenvalue weighted by Gasteiger charge is 2.06. The lowest BCUT2D eigenvalue weighted by Gasteiger charge is -2.12. The zero-order valence-electron chi connectivity index (χ0n) is 15.5. The predicted molar refractivity (Wildman–Crippen MR) is 110 cm³/mol. The van der Waals surface area contributed by atoms with Crippen LogP contribution in [0.5, 0.6) is 11.5 Å². The standard InChI is InChI=1S/C23H20N2O3/c1-27-19-8-9-20-21(15-19)24-12-11-22(20)28-14-13-25-16-18(7-10-23(25)26)17-5-3-2-4-6-17/h2-12,15-16H,13-14H2,1H3. The molecule has 0 spiro atoms. The van der Waals surface area contributed by atoms with E-state index in [4.69, 9.17) is 9.47 Å². The third kappa shape index (κ3) is 3.74. The topological polar surface area (TPSA) is 53.4 Å². The van der Waals surface area contributed by atoms with Crippen LogP contribution < -0.4 is 15.0 Å². The molecule has 2 aromatic carbocycles. The van der Waals surface area contributed by atoms with E-state index < -0.39 is 0 Å². The summed E-state index contributed by atoms with van der Waals surface area (Å²) in [6.45, 7) is 0.836. The molecular weight excluding hydrogens is 352 g/mol. The number of fused-ring (bicyclic) bond motifs is 1. The van der Waals surface area contributed by atoms with Crippen LogP contribution in [0.4, 0.5) is 0 Å². The van der Waals surface area contributed by atoms with Crippen LogP contribution in [0.3, 0.4) is 0 Å². The summed E-state index contributed by atoms with van der Waals surface area (Å²) >= 11 is 0. The summed E-state index contributed by atoms with van der Waals surface area (Å²) in [7, 11) is 1.63. The highest BCUT2D eigenvalue weighted by molar-refractivity contribution is 5.85. The molecule has 0 saturated heterocycles. The quantitative estimate of drug-likeness (QED) is 0.510. The highest BCUT2D eigenvalue weighted by atomic mass is 16.5. The van der Waals surface area contributed by atoms with Gasteiger partial charge < -0.3 is 14.0 Å². The van der Waals surface area contributed by atoms with Gasteiger partial charge in [-0.2, -0.15) is 0 Å². The second-order valence-electron chi connectivity index (χ2n) is 6.36. The van der Waals surface area contributed by atoms with Crippen LogP contribution in [0.1, 0.15) is 0 Å². The van der Waals surface area contributed by atoms with Gasteiger partial charge in [0, 0.05) is 29.9 Å². The molecule has 0 amide bonds. The minimum atomic E-state index is -0.0485. The zero-order chi connectivity index (χ0) is 19.3. The first-order chi connectivity index (χ1) is 13.7. The fourth-order valence-electron chi connectivity index (χ4n) is 3.12. The minimum Gasteiger partial charge on any atom is -0.497 e. The normalized spacial score (nSPS) is 10.8. The van der Waals surface area contributed by atoms with Crippen LogP contribution in [0.2, 0.25) is 0 Å². The van der Waals surface area contributed by atoms with Gasteiger partial charge in [0.05, 0.1) is 19.2 Å². The Morgan fingerprint density at radius 1 is 0.964 bits per heavy atom. The van der Waals surface area contributed by atoms with Crippen molar-refractivity contribution in [2.45, 2.75) is 6.54 Å². The summed E-state index contributed by atoms with van der Waals surface area (Å²) in [5.74, 6) is 1.49. The number of ether oxygens (including phenoxy) is 2. The van der Waals surface area contributed by atoms with Crippen molar-refractivity contribution in [1.82, 2.24) is 9.55 Å². The fraction of sp³-hybridized carbons (Fsp3) is 0.130. The number of nitrogens with zero attached hydrogens (tertiary/aromatic N) is 2. The Kier molecular flexibility index (Phi) is 5.06. The molecule has 2 heterocycles. The number of hydrogen-bond acceptors (Lipinski definition) is 4. The van der Waals surface area contributed by atoms with E-state index in [0.29, 0.717) is 13.2 Å². The van der Waals surface area contributed by atoms with Crippen LogP contribution in [-0.2, 0) is 6.54 Å². The van der Waals surface area contributed by atoms with Crippen LogP contribution in [-0.4, -0.2) is 23.3 Å². The maximum Gasteiger partial charge on any atom is 0.250 e. The minimum absolute atomic E-state index is 0.0485. The number of rotatable bonds is 6. The fourth-order valence-corrected chi connectivity index (χ4v) is 3.12. The molecule has 0 unspecified atom stereocenters. The average Bonchev–Trinajstić information content (AvgIpc) is 2.75. The van der Waals surface area contributed by atoms with Crippen LogP contribution in [0.15, 0.2) is 83.9 Å². The first-order valence-electron chi connectivity index (χ1n) is 9.06. The van der Waals surface area contributed by atoms with Gasteiger partial charge in [0.1, 0.15) is 18.1 Å². The van der Waals surface area contributed by atoms with Crippen molar-refractivity contribution in [3.05, 3.63) is 89.5 Å². The molecule has 0 radical (unpaired) electrons. The first-order valence-corrected chi connectivity index (χ1v) is 9.06. The molecule has 0 aliphatic carbocycles. The Morgan fingerprint density at radius 2 is 1.82 bits per heavy atom. The van der Waals surface area contributed by atoms with E-state index in [0.717, 1.165) is 33.5 Å². The summed E-state index contributed by atoms with van der Waals surface area (Å²) in [6, 6.07) is 20.9. The third-order valence-corrected chi connectivity index (χ3v) is 4.59. The van der Waals surface area contributed by atoms with Crippen molar-refractivity contribution in [3.63, 3.8) is 0 Å². The molecular formula is C23H20N2O3. The second kappa shape index (κ2) is 7.96.